The molecule has 2 aromatic rings. The highest BCUT2D eigenvalue weighted by atomic mass is 32.2. The molecule has 0 aliphatic rings. The molecular formula is C14H15NOS2. The number of hydrogen-bond acceptors (Lipinski definition) is 4. The molecule has 4 heteroatoms. The Morgan fingerprint density at radius 1 is 1.33 bits per heavy atom. The van der Waals surface area contributed by atoms with E-state index in [1.165, 1.54) is 0 Å². The average Bonchev–Trinajstić information content (AvgIpc) is 2.86. The fourth-order valence-corrected chi connectivity index (χ4v) is 2.87. The first kappa shape index (κ1) is 13.3. The van der Waals surface area contributed by atoms with Crippen LogP contribution in [0.5, 0.6) is 0 Å². The van der Waals surface area contributed by atoms with Crippen LogP contribution in [0.1, 0.15) is 11.4 Å². The van der Waals surface area contributed by atoms with Gasteiger partial charge in [0.15, 0.2) is 0 Å². The second kappa shape index (κ2) is 6.71. The lowest BCUT2D eigenvalue weighted by Gasteiger charge is -1.96. The van der Waals surface area contributed by atoms with Crippen LogP contribution in [0.25, 0.3) is 11.3 Å². The van der Waals surface area contributed by atoms with Crippen molar-refractivity contribution in [3.8, 4) is 11.3 Å². The van der Waals surface area contributed by atoms with Gasteiger partial charge in [0, 0.05) is 17.4 Å². The van der Waals surface area contributed by atoms with Gasteiger partial charge in [0.2, 0.25) is 0 Å². The highest BCUT2D eigenvalue weighted by molar-refractivity contribution is 7.98. The number of Topliss-reactive ketones (excluding diaryl/α,β-unsaturated/α-hetero) is 1. The Morgan fingerprint density at radius 3 is 2.83 bits per heavy atom. The van der Waals surface area contributed by atoms with Gasteiger partial charge >= 0.3 is 0 Å². The molecule has 0 fully saturated rings. The van der Waals surface area contributed by atoms with E-state index in [9.17, 15) is 4.79 Å². The van der Waals surface area contributed by atoms with Crippen molar-refractivity contribution in [3.63, 3.8) is 0 Å². The SMILES string of the molecule is CSCCC(=O)Cc1nc(-c2ccccc2)cs1. The van der Waals surface area contributed by atoms with E-state index in [1.807, 2.05) is 42.0 Å². The third-order valence-electron chi connectivity index (χ3n) is 2.55. The fourth-order valence-electron chi connectivity index (χ4n) is 1.61. The first-order valence-electron chi connectivity index (χ1n) is 5.80. The van der Waals surface area contributed by atoms with E-state index >= 15 is 0 Å². The normalized spacial score (nSPS) is 10.5. The zero-order valence-electron chi connectivity index (χ0n) is 10.3. The van der Waals surface area contributed by atoms with Gasteiger partial charge in [-0.25, -0.2) is 4.98 Å². The Bertz CT molecular complexity index is 508. The van der Waals surface area contributed by atoms with E-state index in [0.717, 1.165) is 22.0 Å². The van der Waals surface area contributed by atoms with Gasteiger partial charge in [0.25, 0.3) is 0 Å². The second-order valence-electron chi connectivity index (χ2n) is 3.95. The van der Waals surface area contributed by atoms with Crippen molar-refractivity contribution in [1.29, 1.82) is 0 Å². The van der Waals surface area contributed by atoms with Gasteiger partial charge < -0.3 is 0 Å². The number of benzene rings is 1. The minimum Gasteiger partial charge on any atom is -0.299 e. The van der Waals surface area contributed by atoms with Crippen molar-refractivity contribution < 1.29 is 4.79 Å². The predicted octanol–water partition coefficient (Wildman–Crippen LogP) is 3.67. The summed E-state index contributed by atoms with van der Waals surface area (Å²) in [5.41, 5.74) is 2.07. The number of ketones is 1. The van der Waals surface area contributed by atoms with E-state index in [1.54, 1.807) is 23.1 Å². The molecule has 0 aliphatic carbocycles. The topological polar surface area (TPSA) is 30.0 Å². The minimum atomic E-state index is 0.276. The minimum absolute atomic E-state index is 0.276. The number of carbonyl (C=O) groups is 1. The fraction of sp³-hybridized carbons (Fsp3) is 0.286. The lowest BCUT2D eigenvalue weighted by atomic mass is 10.2. The molecule has 18 heavy (non-hydrogen) atoms. The number of carbonyl (C=O) groups excluding carboxylic acids is 1. The molecule has 0 amide bonds. The number of rotatable bonds is 6. The van der Waals surface area contributed by atoms with Gasteiger partial charge in [-0.1, -0.05) is 30.3 Å². The van der Waals surface area contributed by atoms with Crippen molar-refractivity contribution in [2.75, 3.05) is 12.0 Å². The van der Waals surface area contributed by atoms with Gasteiger partial charge in [0.05, 0.1) is 12.1 Å². The van der Waals surface area contributed by atoms with E-state index in [-0.39, 0.29) is 5.78 Å². The van der Waals surface area contributed by atoms with Crippen LogP contribution < -0.4 is 0 Å². The number of nitrogens with zero attached hydrogens (tertiary/aromatic N) is 1. The molecule has 0 aliphatic heterocycles. The summed E-state index contributed by atoms with van der Waals surface area (Å²) in [7, 11) is 0. The third kappa shape index (κ3) is 3.68. The molecular weight excluding hydrogens is 262 g/mol. The summed E-state index contributed by atoms with van der Waals surface area (Å²) in [5, 5.41) is 2.94. The van der Waals surface area contributed by atoms with Crippen LogP contribution >= 0.6 is 23.1 Å². The molecule has 0 radical (unpaired) electrons. The van der Waals surface area contributed by atoms with Crippen LogP contribution in [0.2, 0.25) is 0 Å². The first-order valence-corrected chi connectivity index (χ1v) is 8.07. The summed E-state index contributed by atoms with van der Waals surface area (Å²) in [4.78, 5) is 16.2. The molecule has 0 spiro atoms. The quantitative estimate of drug-likeness (QED) is 0.807. The monoisotopic (exact) mass is 277 g/mol. The Hall–Kier alpha value is -1.13. The lowest BCUT2D eigenvalue weighted by molar-refractivity contribution is -0.118. The molecule has 2 rings (SSSR count). The van der Waals surface area contributed by atoms with Crippen LogP contribution in [-0.4, -0.2) is 22.8 Å². The van der Waals surface area contributed by atoms with Crippen molar-refractivity contribution in [2.45, 2.75) is 12.8 Å². The van der Waals surface area contributed by atoms with Gasteiger partial charge in [-0.3, -0.25) is 4.79 Å². The molecule has 0 saturated carbocycles. The molecule has 2 nitrogen and oxygen atoms in total. The molecule has 0 saturated heterocycles. The lowest BCUT2D eigenvalue weighted by Crippen LogP contribution is -2.03. The average molecular weight is 277 g/mol. The van der Waals surface area contributed by atoms with Crippen LogP contribution in [0.4, 0.5) is 0 Å². The summed E-state index contributed by atoms with van der Waals surface area (Å²) in [6.07, 6.45) is 3.13. The summed E-state index contributed by atoms with van der Waals surface area (Å²) in [6, 6.07) is 10.1. The number of aromatic nitrogens is 1. The van der Waals surface area contributed by atoms with E-state index in [0.29, 0.717) is 12.8 Å². The van der Waals surface area contributed by atoms with Gasteiger partial charge in [0.1, 0.15) is 10.8 Å². The maximum absolute atomic E-state index is 11.7. The Morgan fingerprint density at radius 2 is 2.11 bits per heavy atom. The van der Waals surface area contributed by atoms with Crippen molar-refractivity contribution in [1.82, 2.24) is 4.98 Å². The predicted molar refractivity (Wildman–Crippen MR) is 79.3 cm³/mol. The Kier molecular flexibility index (Phi) is 4.96. The van der Waals surface area contributed by atoms with E-state index < -0.39 is 0 Å². The maximum Gasteiger partial charge on any atom is 0.140 e. The second-order valence-corrected chi connectivity index (χ2v) is 5.88. The number of thiazole rings is 1. The van der Waals surface area contributed by atoms with Crippen molar-refractivity contribution in [2.24, 2.45) is 0 Å². The van der Waals surface area contributed by atoms with Crippen LogP contribution in [0.3, 0.4) is 0 Å². The third-order valence-corrected chi connectivity index (χ3v) is 4.02. The molecule has 0 atom stereocenters. The van der Waals surface area contributed by atoms with Crippen LogP contribution in [0, 0.1) is 0 Å². The standard InChI is InChI=1S/C14H15NOS2/c1-17-8-7-12(16)9-14-15-13(10-18-14)11-5-3-2-4-6-11/h2-6,10H,7-9H2,1H3. The van der Waals surface area contributed by atoms with E-state index in [4.69, 9.17) is 0 Å². The van der Waals surface area contributed by atoms with Gasteiger partial charge in [-0.05, 0) is 12.0 Å². The highest BCUT2D eigenvalue weighted by Crippen LogP contribution is 2.22. The summed E-state index contributed by atoms with van der Waals surface area (Å²) >= 11 is 3.27. The molecule has 94 valence electrons. The first-order chi connectivity index (χ1) is 8.79. The smallest absolute Gasteiger partial charge is 0.140 e. The molecule has 1 heterocycles. The zero-order chi connectivity index (χ0) is 12.8. The number of hydrogen-bond donors (Lipinski definition) is 0. The summed E-state index contributed by atoms with van der Waals surface area (Å²) in [6.45, 7) is 0. The Balaban J connectivity index is 2.00. The van der Waals surface area contributed by atoms with Crippen molar-refractivity contribution >= 4 is 28.9 Å². The summed E-state index contributed by atoms with van der Waals surface area (Å²) < 4.78 is 0. The van der Waals surface area contributed by atoms with Crippen LogP contribution in [-0.2, 0) is 11.2 Å². The molecule has 0 bridgehead atoms. The largest absolute Gasteiger partial charge is 0.299 e. The Labute approximate surface area is 115 Å². The van der Waals surface area contributed by atoms with Crippen molar-refractivity contribution in [3.05, 3.63) is 40.7 Å². The maximum atomic E-state index is 11.7. The molecule has 0 unspecified atom stereocenters. The molecule has 0 N–H and O–H groups in total. The highest BCUT2D eigenvalue weighted by Gasteiger charge is 2.08. The van der Waals surface area contributed by atoms with Crippen LogP contribution in [0.15, 0.2) is 35.7 Å². The van der Waals surface area contributed by atoms with Gasteiger partial charge in [-0.2, -0.15) is 11.8 Å². The summed E-state index contributed by atoms with van der Waals surface area (Å²) in [5.74, 6) is 1.17. The van der Waals surface area contributed by atoms with Gasteiger partial charge in [-0.15, -0.1) is 11.3 Å². The zero-order valence-corrected chi connectivity index (χ0v) is 11.9. The molecule has 1 aromatic carbocycles. The number of thioether (sulfide) groups is 1. The molecule has 1 aromatic heterocycles. The van der Waals surface area contributed by atoms with E-state index in [2.05, 4.69) is 4.98 Å².